The van der Waals surface area contributed by atoms with Crippen LogP contribution >= 0.6 is 0 Å². The summed E-state index contributed by atoms with van der Waals surface area (Å²) in [6.07, 6.45) is -0.181. The summed E-state index contributed by atoms with van der Waals surface area (Å²) in [7, 11) is 0. The Morgan fingerprint density at radius 2 is 2.17 bits per heavy atom. The highest BCUT2D eigenvalue weighted by Gasteiger charge is 2.27. The SMILES string of the molecule is CC1OCCC1CNC(=O)N[C@H](C(=O)O)[C@@H](C)O. The topological polar surface area (TPSA) is 108 Å². The van der Waals surface area contributed by atoms with Gasteiger partial charge in [0.2, 0.25) is 0 Å². The van der Waals surface area contributed by atoms with E-state index in [1.807, 2.05) is 6.92 Å². The molecular formula is C11H20N2O5. The molecule has 0 bridgehead atoms. The Morgan fingerprint density at radius 3 is 2.61 bits per heavy atom. The molecule has 1 heterocycles. The van der Waals surface area contributed by atoms with E-state index in [-0.39, 0.29) is 12.0 Å². The number of carboxylic acids is 1. The lowest BCUT2D eigenvalue weighted by molar-refractivity contribution is -0.141. The van der Waals surface area contributed by atoms with Crippen molar-refractivity contribution < 1.29 is 24.5 Å². The highest BCUT2D eigenvalue weighted by Crippen LogP contribution is 2.19. The first-order valence-corrected chi connectivity index (χ1v) is 5.98. The van der Waals surface area contributed by atoms with Crippen LogP contribution in [-0.4, -0.2) is 53.6 Å². The van der Waals surface area contributed by atoms with Gasteiger partial charge in [-0.2, -0.15) is 0 Å². The lowest BCUT2D eigenvalue weighted by Gasteiger charge is -2.19. The molecule has 7 heteroatoms. The summed E-state index contributed by atoms with van der Waals surface area (Å²) in [5, 5.41) is 22.8. The van der Waals surface area contributed by atoms with Gasteiger partial charge in [0.1, 0.15) is 0 Å². The summed E-state index contributed by atoms with van der Waals surface area (Å²) in [5.74, 6) is -1.02. The molecule has 0 radical (unpaired) electrons. The molecular weight excluding hydrogens is 240 g/mol. The Balaban J connectivity index is 2.34. The van der Waals surface area contributed by atoms with Crippen molar-refractivity contribution in [2.75, 3.05) is 13.2 Å². The maximum atomic E-state index is 11.5. The minimum absolute atomic E-state index is 0.0948. The number of carbonyl (C=O) groups is 2. The van der Waals surface area contributed by atoms with Crippen LogP contribution in [0, 0.1) is 5.92 Å². The standard InChI is InChI=1S/C11H20N2O5/c1-6(14)9(10(15)16)13-11(17)12-5-8-3-4-18-7(8)2/h6-9,14H,3-5H2,1-2H3,(H,15,16)(H2,12,13,17)/t6-,7?,8?,9+/m1/s1. The van der Waals surface area contributed by atoms with Gasteiger partial charge in [-0.3, -0.25) is 0 Å². The third kappa shape index (κ3) is 4.15. The summed E-state index contributed by atoms with van der Waals surface area (Å²) in [5.41, 5.74) is 0. The number of hydrogen-bond donors (Lipinski definition) is 4. The van der Waals surface area contributed by atoms with Crippen LogP contribution in [0.2, 0.25) is 0 Å². The molecule has 0 aliphatic carbocycles. The van der Waals surface area contributed by atoms with Crippen LogP contribution in [0.4, 0.5) is 4.79 Å². The van der Waals surface area contributed by atoms with Gasteiger partial charge >= 0.3 is 12.0 Å². The molecule has 2 amide bonds. The second kappa shape index (κ2) is 6.55. The van der Waals surface area contributed by atoms with Gasteiger partial charge in [-0.25, -0.2) is 9.59 Å². The predicted octanol–water partition coefficient (Wildman–Crippen LogP) is -0.455. The lowest BCUT2D eigenvalue weighted by Crippen LogP contribution is -2.51. The Kier molecular flexibility index (Phi) is 5.36. The largest absolute Gasteiger partial charge is 0.480 e. The fourth-order valence-corrected chi connectivity index (χ4v) is 1.85. The third-order valence-corrected chi connectivity index (χ3v) is 3.09. The zero-order chi connectivity index (χ0) is 13.7. The van der Waals surface area contributed by atoms with Gasteiger partial charge < -0.3 is 25.6 Å². The van der Waals surface area contributed by atoms with Crippen molar-refractivity contribution in [3.63, 3.8) is 0 Å². The van der Waals surface area contributed by atoms with E-state index in [1.54, 1.807) is 0 Å². The molecule has 18 heavy (non-hydrogen) atoms. The summed E-state index contributed by atoms with van der Waals surface area (Å²) >= 11 is 0. The third-order valence-electron chi connectivity index (χ3n) is 3.09. The number of aliphatic hydroxyl groups excluding tert-OH is 1. The molecule has 0 saturated carbocycles. The zero-order valence-electron chi connectivity index (χ0n) is 10.5. The molecule has 4 N–H and O–H groups in total. The van der Waals surface area contributed by atoms with Crippen molar-refractivity contribution in [3.8, 4) is 0 Å². The first kappa shape index (κ1) is 14.7. The predicted molar refractivity (Wildman–Crippen MR) is 63.2 cm³/mol. The van der Waals surface area contributed by atoms with E-state index in [0.717, 1.165) is 6.42 Å². The molecule has 0 spiro atoms. The lowest BCUT2D eigenvalue weighted by atomic mass is 10.0. The molecule has 1 fully saturated rings. The van der Waals surface area contributed by atoms with E-state index >= 15 is 0 Å². The molecule has 1 saturated heterocycles. The fraction of sp³-hybridized carbons (Fsp3) is 0.818. The molecule has 1 aliphatic rings. The number of amides is 2. The van der Waals surface area contributed by atoms with Crippen molar-refractivity contribution in [1.29, 1.82) is 0 Å². The highest BCUT2D eigenvalue weighted by atomic mass is 16.5. The minimum Gasteiger partial charge on any atom is -0.480 e. The zero-order valence-corrected chi connectivity index (χ0v) is 10.5. The van der Waals surface area contributed by atoms with Gasteiger partial charge in [0.25, 0.3) is 0 Å². The number of aliphatic hydroxyl groups is 1. The Labute approximate surface area is 106 Å². The van der Waals surface area contributed by atoms with E-state index in [2.05, 4.69) is 10.6 Å². The summed E-state index contributed by atoms with van der Waals surface area (Å²) in [6, 6.07) is -1.90. The van der Waals surface area contributed by atoms with E-state index in [4.69, 9.17) is 9.84 Å². The Bertz CT molecular complexity index is 308. The number of urea groups is 1. The average molecular weight is 260 g/mol. The molecule has 1 rings (SSSR count). The van der Waals surface area contributed by atoms with Gasteiger partial charge in [0.05, 0.1) is 12.2 Å². The van der Waals surface area contributed by atoms with Crippen LogP contribution in [0.1, 0.15) is 20.3 Å². The molecule has 104 valence electrons. The summed E-state index contributed by atoms with van der Waals surface area (Å²) < 4.78 is 5.35. The van der Waals surface area contributed by atoms with Crippen LogP contribution in [0.25, 0.3) is 0 Å². The second-order valence-corrected chi connectivity index (χ2v) is 4.54. The number of carbonyl (C=O) groups excluding carboxylic acids is 1. The molecule has 0 aromatic carbocycles. The van der Waals surface area contributed by atoms with Crippen LogP contribution in [0.15, 0.2) is 0 Å². The maximum Gasteiger partial charge on any atom is 0.328 e. The van der Waals surface area contributed by atoms with Gasteiger partial charge in [0, 0.05) is 19.1 Å². The molecule has 4 atom stereocenters. The van der Waals surface area contributed by atoms with Gasteiger partial charge in [-0.05, 0) is 20.3 Å². The van der Waals surface area contributed by atoms with Crippen molar-refractivity contribution in [2.24, 2.45) is 5.92 Å². The van der Waals surface area contributed by atoms with Crippen LogP contribution in [0.3, 0.4) is 0 Å². The normalized spacial score (nSPS) is 26.4. The number of carboxylic acid groups (broad SMARTS) is 1. The van der Waals surface area contributed by atoms with Crippen molar-refractivity contribution >= 4 is 12.0 Å². The van der Waals surface area contributed by atoms with Crippen LogP contribution < -0.4 is 10.6 Å². The van der Waals surface area contributed by atoms with Gasteiger partial charge in [-0.15, -0.1) is 0 Å². The molecule has 1 aliphatic heterocycles. The van der Waals surface area contributed by atoms with Crippen LogP contribution in [0.5, 0.6) is 0 Å². The van der Waals surface area contributed by atoms with E-state index in [0.29, 0.717) is 13.2 Å². The maximum absolute atomic E-state index is 11.5. The average Bonchev–Trinajstić information content (AvgIpc) is 2.68. The van der Waals surface area contributed by atoms with Gasteiger partial charge in [0.15, 0.2) is 6.04 Å². The molecule has 0 aromatic heterocycles. The van der Waals surface area contributed by atoms with E-state index in [9.17, 15) is 14.7 Å². The van der Waals surface area contributed by atoms with Crippen molar-refractivity contribution in [3.05, 3.63) is 0 Å². The van der Waals surface area contributed by atoms with Crippen LogP contribution in [-0.2, 0) is 9.53 Å². The van der Waals surface area contributed by atoms with E-state index in [1.165, 1.54) is 6.92 Å². The van der Waals surface area contributed by atoms with Crippen molar-refractivity contribution in [2.45, 2.75) is 38.5 Å². The quantitative estimate of drug-likeness (QED) is 0.535. The Hall–Kier alpha value is -1.34. The van der Waals surface area contributed by atoms with Gasteiger partial charge in [-0.1, -0.05) is 0 Å². The summed E-state index contributed by atoms with van der Waals surface area (Å²) in [6.45, 7) is 4.36. The monoisotopic (exact) mass is 260 g/mol. The highest BCUT2D eigenvalue weighted by molar-refractivity contribution is 5.82. The fourth-order valence-electron chi connectivity index (χ4n) is 1.85. The van der Waals surface area contributed by atoms with E-state index < -0.39 is 24.1 Å². The Morgan fingerprint density at radius 1 is 1.50 bits per heavy atom. The summed E-state index contributed by atoms with van der Waals surface area (Å²) in [4.78, 5) is 22.3. The smallest absolute Gasteiger partial charge is 0.328 e. The number of hydrogen-bond acceptors (Lipinski definition) is 4. The minimum atomic E-state index is -1.30. The number of ether oxygens (including phenoxy) is 1. The molecule has 2 unspecified atom stereocenters. The second-order valence-electron chi connectivity index (χ2n) is 4.54. The molecule has 7 nitrogen and oxygen atoms in total. The first-order chi connectivity index (χ1) is 8.41. The number of aliphatic carboxylic acids is 1. The number of nitrogens with one attached hydrogen (secondary N) is 2. The molecule has 0 aromatic rings. The van der Waals surface area contributed by atoms with Crippen molar-refractivity contribution in [1.82, 2.24) is 10.6 Å². The first-order valence-electron chi connectivity index (χ1n) is 5.98. The number of rotatable bonds is 5.